The molecular weight excluding hydrogens is 377 g/mol. The number of halogens is 1. The summed E-state index contributed by atoms with van der Waals surface area (Å²) in [6.07, 6.45) is 1.45. The second-order valence-corrected chi connectivity index (χ2v) is 6.33. The Kier molecular flexibility index (Phi) is 4.78. The quantitative estimate of drug-likeness (QED) is 0.350. The highest BCUT2D eigenvalue weighted by atomic mass is 19.1. The van der Waals surface area contributed by atoms with Crippen molar-refractivity contribution >= 4 is 17.5 Å². The first-order valence-electron chi connectivity index (χ1n) is 8.70. The van der Waals surface area contributed by atoms with Crippen molar-refractivity contribution in [3.8, 4) is 11.5 Å². The highest BCUT2D eigenvalue weighted by Crippen LogP contribution is 2.35. The Bertz CT molecular complexity index is 1160. The van der Waals surface area contributed by atoms with Crippen molar-refractivity contribution in [1.29, 1.82) is 0 Å². The topological polar surface area (TPSA) is 78.7 Å². The fourth-order valence-electron chi connectivity index (χ4n) is 2.91. The number of benzene rings is 3. The van der Waals surface area contributed by atoms with Crippen molar-refractivity contribution < 1.29 is 23.6 Å². The molecule has 0 atom stereocenters. The second-order valence-electron chi connectivity index (χ2n) is 6.33. The zero-order chi connectivity index (χ0) is 20.4. The van der Waals surface area contributed by atoms with E-state index in [0.717, 1.165) is 0 Å². The average molecular weight is 391 g/mol. The Hall–Kier alpha value is -4.00. The number of nitro groups is 1. The molecule has 0 aromatic heterocycles. The summed E-state index contributed by atoms with van der Waals surface area (Å²) >= 11 is 0. The molecule has 0 unspecified atom stereocenters. The molecule has 0 saturated heterocycles. The van der Waals surface area contributed by atoms with Crippen molar-refractivity contribution in [2.24, 2.45) is 0 Å². The Morgan fingerprint density at radius 1 is 1.07 bits per heavy atom. The van der Waals surface area contributed by atoms with Crippen molar-refractivity contribution in [1.82, 2.24) is 0 Å². The Morgan fingerprint density at radius 2 is 1.90 bits per heavy atom. The number of rotatable bonds is 5. The molecule has 0 spiro atoms. The molecule has 29 heavy (non-hydrogen) atoms. The smallest absolute Gasteiger partial charge is 0.270 e. The molecule has 3 aromatic rings. The molecule has 3 aromatic carbocycles. The van der Waals surface area contributed by atoms with Gasteiger partial charge in [0.1, 0.15) is 23.9 Å². The van der Waals surface area contributed by atoms with Crippen molar-refractivity contribution in [2.75, 3.05) is 0 Å². The number of non-ortho nitro benzene ring substituents is 1. The van der Waals surface area contributed by atoms with Crippen LogP contribution < -0.4 is 9.47 Å². The third-order valence-corrected chi connectivity index (χ3v) is 4.37. The average Bonchev–Trinajstić information content (AvgIpc) is 3.02. The van der Waals surface area contributed by atoms with Crippen LogP contribution in [-0.2, 0) is 6.61 Å². The maximum absolute atomic E-state index is 13.7. The normalized spacial score (nSPS) is 13.8. The van der Waals surface area contributed by atoms with Gasteiger partial charge in [0.05, 0.1) is 10.5 Å². The summed E-state index contributed by atoms with van der Waals surface area (Å²) in [5.74, 6) is 0.121. The van der Waals surface area contributed by atoms with Crippen LogP contribution in [0.2, 0.25) is 0 Å². The van der Waals surface area contributed by atoms with Gasteiger partial charge in [0.2, 0.25) is 5.78 Å². The first-order chi connectivity index (χ1) is 14.0. The molecule has 7 heteroatoms. The second kappa shape index (κ2) is 7.55. The van der Waals surface area contributed by atoms with Gasteiger partial charge in [-0.1, -0.05) is 30.3 Å². The molecule has 0 bridgehead atoms. The van der Waals surface area contributed by atoms with E-state index in [1.807, 2.05) is 0 Å². The number of fused-ring (bicyclic) bond motifs is 1. The van der Waals surface area contributed by atoms with Gasteiger partial charge in [0, 0.05) is 23.8 Å². The minimum Gasteiger partial charge on any atom is -0.489 e. The summed E-state index contributed by atoms with van der Waals surface area (Å²) in [6, 6.07) is 16.9. The van der Waals surface area contributed by atoms with E-state index in [-0.39, 0.29) is 29.7 Å². The van der Waals surface area contributed by atoms with E-state index in [2.05, 4.69) is 0 Å². The van der Waals surface area contributed by atoms with E-state index in [0.29, 0.717) is 28.2 Å². The number of carbonyl (C=O) groups excluding carboxylic acids is 1. The van der Waals surface area contributed by atoms with Gasteiger partial charge in [0.15, 0.2) is 5.76 Å². The molecule has 1 aliphatic heterocycles. The van der Waals surface area contributed by atoms with Gasteiger partial charge in [-0.05, 0) is 29.8 Å². The number of ether oxygens (including phenoxy) is 2. The summed E-state index contributed by atoms with van der Waals surface area (Å²) in [5, 5.41) is 10.9. The number of nitro benzene ring substituents is 1. The van der Waals surface area contributed by atoms with E-state index in [1.165, 1.54) is 30.3 Å². The van der Waals surface area contributed by atoms with E-state index < -0.39 is 4.92 Å². The van der Waals surface area contributed by atoms with Gasteiger partial charge in [-0.2, -0.15) is 0 Å². The molecular formula is C22H14FNO5. The monoisotopic (exact) mass is 391 g/mol. The zero-order valence-corrected chi connectivity index (χ0v) is 15.0. The van der Waals surface area contributed by atoms with Crippen molar-refractivity contribution in [3.05, 3.63) is 105 Å². The van der Waals surface area contributed by atoms with Gasteiger partial charge in [-0.25, -0.2) is 4.39 Å². The first kappa shape index (κ1) is 18.4. The van der Waals surface area contributed by atoms with E-state index in [9.17, 15) is 19.3 Å². The Balaban J connectivity index is 1.53. The van der Waals surface area contributed by atoms with Gasteiger partial charge in [-0.15, -0.1) is 0 Å². The van der Waals surface area contributed by atoms with Crippen LogP contribution in [0.3, 0.4) is 0 Å². The fourth-order valence-corrected chi connectivity index (χ4v) is 2.91. The minimum absolute atomic E-state index is 0.0375. The number of hydrogen-bond acceptors (Lipinski definition) is 5. The largest absolute Gasteiger partial charge is 0.489 e. The van der Waals surface area contributed by atoms with Crippen molar-refractivity contribution in [2.45, 2.75) is 6.61 Å². The van der Waals surface area contributed by atoms with Gasteiger partial charge >= 0.3 is 0 Å². The highest BCUT2D eigenvalue weighted by Gasteiger charge is 2.28. The van der Waals surface area contributed by atoms with Gasteiger partial charge < -0.3 is 9.47 Å². The highest BCUT2D eigenvalue weighted by molar-refractivity contribution is 6.14. The molecule has 0 N–H and O–H groups in total. The molecule has 0 aliphatic carbocycles. The lowest BCUT2D eigenvalue weighted by Crippen LogP contribution is -1.98. The summed E-state index contributed by atoms with van der Waals surface area (Å²) in [6.45, 7) is 0.0375. The van der Waals surface area contributed by atoms with Crippen LogP contribution in [-0.4, -0.2) is 10.7 Å². The fraction of sp³-hybridized carbons (Fsp3) is 0.0455. The number of ketones is 1. The minimum atomic E-state index is -0.507. The molecule has 0 amide bonds. The molecule has 144 valence electrons. The number of hydrogen-bond donors (Lipinski definition) is 0. The molecule has 1 aliphatic rings. The van der Waals surface area contributed by atoms with Crippen LogP contribution in [0.25, 0.3) is 6.08 Å². The summed E-state index contributed by atoms with van der Waals surface area (Å²) < 4.78 is 24.9. The first-order valence-corrected chi connectivity index (χ1v) is 8.70. The van der Waals surface area contributed by atoms with E-state index in [1.54, 1.807) is 42.5 Å². The molecule has 0 radical (unpaired) electrons. The predicted octanol–water partition coefficient (Wildman–Crippen LogP) is 4.93. The lowest BCUT2D eigenvalue weighted by molar-refractivity contribution is -0.384. The zero-order valence-electron chi connectivity index (χ0n) is 15.0. The maximum Gasteiger partial charge on any atom is 0.270 e. The summed E-state index contributed by atoms with van der Waals surface area (Å²) in [7, 11) is 0. The van der Waals surface area contributed by atoms with E-state index in [4.69, 9.17) is 9.47 Å². The standard InChI is InChI=1S/C22H14FNO5/c23-19-7-2-1-5-15(19)13-28-17-8-9-18-20(12-17)29-21(22(18)25)11-14-4-3-6-16(10-14)24(26)27/h1-12H,13H2/b21-11-. The molecule has 4 rings (SSSR count). The van der Waals surface area contributed by atoms with Crippen LogP contribution in [0.4, 0.5) is 10.1 Å². The number of carbonyl (C=O) groups is 1. The third kappa shape index (κ3) is 3.84. The lowest BCUT2D eigenvalue weighted by Gasteiger charge is -2.08. The van der Waals surface area contributed by atoms with Crippen LogP contribution in [0.1, 0.15) is 21.5 Å². The van der Waals surface area contributed by atoms with E-state index >= 15 is 0 Å². The summed E-state index contributed by atoms with van der Waals surface area (Å²) in [4.78, 5) is 22.9. The van der Waals surface area contributed by atoms with Gasteiger partial charge in [-0.3, -0.25) is 14.9 Å². The number of Topliss-reactive ketones (excluding diaryl/α,β-unsaturated/α-hetero) is 1. The number of allylic oxidation sites excluding steroid dienone is 1. The maximum atomic E-state index is 13.7. The van der Waals surface area contributed by atoms with Gasteiger partial charge in [0.25, 0.3) is 5.69 Å². The Labute approximate surface area is 165 Å². The SMILES string of the molecule is O=C1/C(=C/c2cccc([N+](=O)[O-])c2)Oc2cc(OCc3ccccc3F)ccc21. The number of nitrogens with zero attached hydrogens (tertiary/aromatic N) is 1. The van der Waals surface area contributed by atoms with Crippen LogP contribution in [0.5, 0.6) is 11.5 Å². The Morgan fingerprint density at radius 3 is 2.69 bits per heavy atom. The van der Waals surface area contributed by atoms with Crippen LogP contribution in [0, 0.1) is 15.9 Å². The molecule has 0 fully saturated rings. The van der Waals surface area contributed by atoms with Crippen LogP contribution >= 0.6 is 0 Å². The molecule has 0 saturated carbocycles. The lowest BCUT2D eigenvalue weighted by atomic mass is 10.1. The van der Waals surface area contributed by atoms with Crippen LogP contribution in [0.15, 0.2) is 72.5 Å². The third-order valence-electron chi connectivity index (χ3n) is 4.37. The predicted molar refractivity (Wildman–Crippen MR) is 103 cm³/mol. The molecule has 1 heterocycles. The summed E-state index contributed by atoms with van der Waals surface area (Å²) in [5.41, 5.74) is 1.17. The van der Waals surface area contributed by atoms with Crippen molar-refractivity contribution in [3.63, 3.8) is 0 Å². The molecule has 6 nitrogen and oxygen atoms in total.